The van der Waals surface area contributed by atoms with Crippen LogP contribution in [0.1, 0.15) is 6.92 Å². The average Bonchev–Trinajstić information content (AvgIpc) is 2.16. The number of alkyl halides is 1. The number of nitrogens with zero attached hydrogens (tertiary/aromatic N) is 1. The first kappa shape index (κ1) is 9.84. The molecule has 1 aromatic rings. The number of nitrogen functional groups attached to an aromatic ring is 1. The maximum Gasteiger partial charge on any atom is 0.107 e. The Morgan fingerprint density at radius 1 is 1.38 bits per heavy atom. The second-order valence-corrected chi connectivity index (χ2v) is 2.83. The summed E-state index contributed by atoms with van der Waals surface area (Å²) in [6, 6.07) is 7.53. The zero-order valence-corrected chi connectivity index (χ0v) is 7.83. The van der Waals surface area contributed by atoms with Gasteiger partial charge >= 0.3 is 0 Å². The van der Waals surface area contributed by atoms with Gasteiger partial charge in [0.1, 0.15) is 6.67 Å². The molecule has 0 heterocycles. The van der Waals surface area contributed by atoms with E-state index >= 15 is 0 Å². The summed E-state index contributed by atoms with van der Waals surface area (Å²) >= 11 is 0. The monoisotopic (exact) mass is 182 g/mol. The largest absolute Gasteiger partial charge is 0.397 e. The lowest BCUT2D eigenvalue weighted by Gasteiger charge is -2.22. The summed E-state index contributed by atoms with van der Waals surface area (Å²) in [5.41, 5.74) is 7.39. The number of para-hydroxylation sites is 2. The molecule has 0 unspecified atom stereocenters. The van der Waals surface area contributed by atoms with Gasteiger partial charge in [0.15, 0.2) is 0 Å². The lowest BCUT2D eigenvalue weighted by Crippen LogP contribution is -2.25. The van der Waals surface area contributed by atoms with Crippen LogP contribution in [0.4, 0.5) is 15.8 Å². The molecule has 2 nitrogen and oxygen atoms in total. The standard InChI is InChI=1S/C10H15FN2/c1-2-13(8-7-11)10-6-4-3-5-9(10)12/h3-6H,2,7-8,12H2,1H3. The van der Waals surface area contributed by atoms with Gasteiger partial charge in [0.05, 0.1) is 11.4 Å². The van der Waals surface area contributed by atoms with Crippen LogP contribution < -0.4 is 10.6 Å². The van der Waals surface area contributed by atoms with Gasteiger partial charge in [0.25, 0.3) is 0 Å². The molecule has 0 aliphatic rings. The molecule has 2 N–H and O–H groups in total. The molecule has 0 aromatic heterocycles. The van der Waals surface area contributed by atoms with E-state index in [2.05, 4.69) is 0 Å². The van der Waals surface area contributed by atoms with Gasteiger partial charge in [-0.2, -0.15) is 0 Å². The topological polar surface area (TPSA) is 29.3 Å². The molecule has 0 bridgehead atoms. The Bertz CT molecular complexity index is 263. The van der Waals surface area contributed by atoms with Gasteiger partial charge in [-0.1, -0.05) is 12.1 Å². The molecule has 0 fully saturated rings. The molecular formula is C10H15FN2. The van der Waals surface area contributed by atoms with Gasteiger partial charge < -0.3 is 10.6 Å². The summed E-state index contributed by atoms with van der Waals surface area (Å²) in [5, 5.41) is 0. The third kappa shape index (κ3) is 2.34. The van der Waals surface area contributed by atoms with Crippen LogP contribution in [0.15, 0.2) is 24.3 Å². The number of hydrogen-bond acceptors (Lipinski definition) is 2. The number of hydrogen-bond donors (Lipinski definition) is 1. The van der Waals surface area contributed by atoms with E-state index in [9.17, 15) is 4.39 Å². The third-order valence-electron chi connectivity index (χ3n) is 2.01. The van der Waals surface area contributed by atoms with Crippen LogP contribution in [0.25, 0.3) is 0 Å². The zero-order chi connectivity index (χ0) is 9.68. The highest BCUT2D eigenvalue weighted by Crippen LogP contribution is 2.21. The van der Waals surface area contributed by atoms with Crippen molar-refractivity contribution < 1.29 is 4.39 Å². The van der Waals surface area contributed by atoms with Crippen molar-refractivity contribution in [2.24, 2.45) is 0 Å². The number of halogens is 1. The normalized spacial score (nSPS) is 10.0. The second kappa shape index (κ2) is 4.70. The molecule has 13 heavy (non-hydrogen) atoms. The van der Waals surface area contributed by atoms with Crippen LogP contribution in [-0.4, -0.2) is 19.8 Å². The molecule has 0 atom stereocenters. The second-order valence-electron chi connectivity index (χ2n) is 2.83. The Morgan fingerprint density at radius 2 is 2.08 bits per heavy atom. The van der Waals surface area contributed by atoms with Crippen molar-refractivity contribution in [2.45, 2.75) is 6.92 Å². The van der Waals surface area contributed by atoms with E-state index in [0.717, 1.165) is 12.2 Å². The van der Waals surface area contributed by atoms with Gasteiger partial charge in [0.2, 0.25) is 0 Å². The highest BCUT2D eigenvalue weighted by atomic mass is 19.1. The molecule has 0 aliphatic carbocycles. The molecule has 0 spiro atoms. The van der Waals surface area contributed by atoms with Gasteiger partial charge in [-0.3, -0.25) is 0 Å². The Hall–Kier alpha value is -1.25. The lowest BCUT2D eigenvalue weighted by molar-refractivity contribution is 0.492. The molecule has 0 saturated carbocycles. The minimum absolute atomic E-state index is 0.345. The Balaban J connectivity index is 2.84. The SMILES string of the molecule is CCN(CCF)c1ccccc1N. The molecule has 0 amide bonds. The Morgan fingerprint density at radius 3 is 2.62 bits per heavy atom. The predicted molar refractivity (Wildman–Crippen MR) is 54.7 cm³/mol. The third-order valence-corrected chi connectivity index (χ3v) is 2.01. The first-order chi connectivity index (χ1) is 6.29. The molecule has 72 valence electrons. The fourth-order valence-electron chi connectivity index (χ4n) is 1.33. The molecule has 1 aromatic carbocycles. The van der Waals surface area contributed by atoms with E-state index < -0.39 is 0 Å². The summed E-state index contributed by atoms with van der Waals surface area (Å²) in [6.45, 7) is 2.83. The van der Waals surface area contributed by atoms with E-state index in [0.29, 0.717) is 12.2 Å². The summed E-state index contributed by atoms with van der Waals surface area (Å²) in [4.78, 5) is 1.93. The van der Waals surface area contributed by atoms with Gasteiger partial charge in [-0.15, -0.1) is 0 Å². The van der Waals surface area contributed by atoms with Crippen molar-refractivity contribution in [3.63, 3.8) is 0 Å². The van der Waals surface area contributed by atoms with Crippen LogP contribution >= 0.6 is 0 Å². The van der Waals surface area contributed by atoms with E-state index in [1.54, 1.807) is 0 Å². The van der Waals surface area contributed by atoms with Crippen LogP contribution in [0.2, 0.25) is 0 Å². The van der Waals surface area contributed by atoms with Gasteiger partial charge in [0, 0.05) is 13.1 Å². The quantitative estimate of drug-likeness (QED) is 0.722. The molecule has 0 aliphatic heterocycles. The number of benzene rings is 1. The van der Waals surface area contributed by atoms with Crippen molar-refractivity contribution in [1.82, 2.24) is 0 Å². The lowest BCUT2D eigenvalue weighted by atomic mass is 10.2. The van der Waals surface area contributed by atoms with Crippen LogP contribution in [0.5, 0.6) is 0 Å². The van der Waals surface area contributed by atoms with Gasteiger partial charge in [-0.25, -0.2) is 4.39 Å². The molecule has 3 heteroatoms. The van der Waals surface area contributed by atoms with Crippen LogP contribution in [0.3, 0.4) is 0 Å². The van der Waals surface area contributed by atoms with Crippen molar-refractivity contribution in [2.75, 3.05) is 30.4 Å². The highest BCUT2D eigenvalue weighted by Gasteiger charge is 2.05. The summed E-state index contributed by atoms with van der Waals surface area (Å²) < 4.78 is 12.2. The van der Waals surface area contributed by atoms with Crippen molar-refractivity contribution in [3.8, 4) is 0 Å². The Labute approximate surface area is 78.2 Å². The number of nitrogens with two attached hydrogens (primary N) is 1. The maximum atomic E-state index is 12.2. The highest BCUT2D eigenvalue weighted by molar-refractivity contribution is 5.67. The number of rotatable bonds is 4. The molecule has 0 radical (unpaired) electrons. The van der Waals surface area contributed by atoms with Crippen molar-refractivity contribution >= 4 is 11.4 Å². The van der Waals surface area contributed by atoms with Gasteiger partial charge in [-0.05, 0) is 19.1 Å². The maximum absolute atomic E-state index is 12.2. The van der Waals surface area contributed by atoms with E-state index in [1.165, 1.54) is 0 Å². The van der Waals surface area contributed by atoms with E-state index in [1.807, 2.05) is 36.1 Å². The Kier molecular flexibility index (Phi) is 3.55. The van der Waals surface area contributed by atoms with E-state index in [4.69, 9.17) is 5.73 Å². The minimum Gasteiger partial charge on any atom is -0.397 e. The summed E-state index contributed by atoms with van der Waals surface area (Å²) in [5.74, 6) is 0. The first-order valence-corrected chi connectivity index (χ1v) is 4.45. The fraction of sp³-hybridized carbons (Fsp3) is 0.400. The van der Waals surface area contributed by atoms with E-state index in [-0.39, 0.29) is 6.67 Å². The molecular weight excluding hydrogens is 167 g/mol. The number of anilines is 2. The van der Waals surface area contributed by atoms with Crippen molar-refractivity contribution in [3.05, 3.63) is 24.3 Å². The summed E-state index contributed by atoms with van der Waals surface area (Å²) in [7, 11) is 0. The molecule has 0 saturated heterocycles. The summed E-state index contributed by atoms with van der Waals surface area (Å²) in [6.07, 6.45) is 0. The molecule has 1 rings (SSSR count). The fourth-order valence-corrected chi connectivity index (χ4v) is 1.33. The minimum atomic E-state index is -0.345. The average molecular weight is 182 g/mol. The van der Waals surface area contributed by atoms with Crippen LogP contribution in [0, 0.1) is 0 Å². The smallest absolute Gasteiger partial charge is 0.107 e. The van der Waals surface area contributed by atoms with Crippen molar-refractivity contribution in [1.29, 1.82) is 0 Å². The first-order valence-electron chi connectivity index (χ1n) is 4.45. The van der Waals surface area contributed by atoms with Crippen LogP contribution in [-0.2, 0) is 0 Å². The predicted octanol–water partition coefficient (Wildman–Crippen LogP) is 2.06. The zero-order valence-electron chi connectivity index (χ0n) is 7.83.